The fourth-order valence-electron chi connectivity index (χ4n) is 12.2. The van der Waals surface area contributed by atoms with Crippen molar-refractivity contribution in [3.8, 4) is 34.3 Å². The minimum atomic E-state index is -3.35. The summed E-state index contributed by atoms with van der Waals surface area (Å²) in [7, 11) is -10.0. The molecule has 6 amide bonds. The maximum Gasteiger partial charge on any atom is 0.324 e. The summed E-state index contributed by atoms with van der Waals surface area (Å²) in [6.07, 6.45) is 12.9. The number of nitrogens with one attached hydrogen (secondary N) is 9. The van der Waals surface area contributed by atoms with Gasteiger partial charge < -0.3 is 30.2 Å². The summed E-state index contributed by atoms with van der Waals surface area (Å²) in [5.74, 6) is 3.51. The van der Waals surface area contributed by atoms with Crippen LogP contribution in [-0.4, -0.2) is 115 Å². The summed E-state index contributed by atoms with van der Waals surface area (Å²) in [5.41, 5.74) is 8.58. The van der Waals surface area contributed by atoms with Crippen molar-refractivity contribution < 1.29 is 53.8 Å². The zero-order valence-corrected chi connectivity index (χ0v) is 73.6. The van der Waals surface area contributed by atoms with Gasteiger partial charge in [0.15, 0.2) is 30.0 Å². The molecule has 6 heterocycles. The topological polar surface area (TPSA) is 394 Å². The molecule has 3 atom stereocenters. The Hall–Kier alpha value is -13.2. The highest BCUT2D eigenvalue weighted by Gasteiger charge is 2.27. The Morgan fingerprint density at radius 2 is 0.710 bits per heavy atom. The number of carbonyl (C=O) groups is 3. The fourth-order valence-corrected chi connectivity index (χ4v) is 15.1. The monoisotopic (exact) mass is 1740 g/mol. The van der Waals surface area contributed by atoms with Gasteiger partial charge in [-0.15, -0.1) is 0 Å². The molecule has 3 unspecified atom stereocenters. The smallest absolute Gasteiger partial charge is 0.324 e. The Morgan fingerprint density at radius 1 is 0.363 bits per heavy atom. The minimum absolute atomic E-state index is 0.165. The molecule has 0 radical (unpaired) electrons. The van der Waals surface area contributed by atoms with Crippen molar-refractivity contribution in [1.29, 1.82) is 14.3 Å². The molecule has 0 saturated heterocycles. The van der Waals surface area contributed by atoms with Crippen LogP contribution in [0.25, 0.3) is 27.8 Å². The van der Waals surface area contributed by atoms with Crippen LogP contribution in [0, 0.1) is 14.3 Å². The van der Waals surface area contributed by atoms with Gasteiger partial charge in [0.2, 0.25) is 0 Å². The lowest BCUT2D eigenvalue weighted by atomic mass is 9.92. The number of rotatable bonds is 30. The normalized spacial score (nSPS) is 12.9. The number of pyridine rings is 3. The largest absolute Gasteiger partial charge is 0.493 e. The van der Waals surface area contributed by atoms with Gasteiger partial charge in [-0.1, -0.05) is 98.7 Å². The first kappa shape index (κ1) is 91.6. The lowest BCUT2D eigenvalue weighted by Crippen LogP contribution is -2.21. The highest BCUT2D eigenvalue weighted by molar-refractivity contribution is 7.88. The maximum atomic E-state index is 13.4. The van der Waals surface area contributed by atoms with Gasteiger partial charge in [0.25, 0.3) is 0 Å². The van der Waals surface area contributed by atoms with Crippen LogP contribution in [0.2, 0.25) is 0 Å². The van der Waals surface area contributed by atoms with Gasteiger partial charge in [-0.2, -0.15) is 15.3 Å². The van der Waals surface area contributed by atoms with E-state index in [0.717, 1.165) is 69.6 Å². The third kappa shape index (κ3) is 25.5. The van der Waals surface area contributed by atoms with E-state index in [9.17, 15) is 27.0 Å². The molecule has 0 aliphatic rings. The zero-order valence-electron chi connectivity index (χ0n) is 71.2. The number of urea groups is 3. The predicted octanol–water partition coefficient (Wildman–Crippen LogP) is 19.7. The second kappa shape index (κ2) is 41.1. The van der Waals surface area contributed by atoms with Crippen molar-refractivity contribution in [3.63, 3.8) is 0 Å². The Bertz CT molecular complexity index is 5870. The number of nitrogens with zero attached hydrogens (tertiary/aromatic N) is 9. The minimum Gasteiger partial charge on any atom is -0.493 e. The van der Waals surface area contributed by atoms with E-state index in [1.54, 1.807) is 181 Å². The van der Waals surface area contributed by atoms with Gasteiger partial charge in [0.05, 0.1) is 94.2 Å². The number of hydrogen-bond donors (Lipinski definition) is 9. The van der Waals surface area contributed by atoms with Crippen molar-refractivity contribution in [3.05, 3.63) is 283 Å². The first-order valence-electron chi connectivity index (χ1n) is 40.1. The molecule has 9 N–H and O–H groups in total. The number of hydrogen-bond acceptors (Lipinski definition) is 21. The number of carbonyl (C=O) groups excluding carboxylic acids is 3. The standard InChI is InChI=1S/C33H36N6O4S.2C29H34N6O4S/c1-5-43-44(34,41)25-14-12-24(13-15-25)39-31(21-30(38-39)33(2,3)4)37-32(40)36-28-16-17-29(27-11-7-6-10-26(27)28)42-20-18-23-9-8-19-35-22-23;1-5-39-40(30,37)25-12-8-23(9-13-25)35-27(20-26(34-35)29(2,3)4)33-28(36)32-22-6-10-24(11-7-22)38-19-16-21-14-17-31-18-15-21;1-5-39-40(30,37)25-14-10-23(11-15-25)35-27(19-26(34-35)29(2,3)4)33-28(36)32-22-8-12-24(13-9-22)38-18-16-21-7-6-17-31-20-21/h6-17,19,21-22,34H,5,18,20H2,1-4H3,(H2,36,37,40);6-15,17-18,20,30H,5,16,19H2,1-4H3,(H2,32,33,36);6-15,17,19-20,30H,5,16,18H2,1-4H3,(H2,32,33,36). The molecule has 0 spiro atoms. The first-order valence-corrected chi connectivity index (χ1v) is 44.5. The molecule has 124 heavy (non-hydrogen) atoms. The predicted molar refractivity (Wildman–Crippen MR) is 484 cm³/mol. The van der Waals surface area contributed by atoms with Crippen LogP contribution < -0.4 is 46.1 Å². The molecule has 0 aliphatic heterocycles. The van der Waals surface area contributed by atoms with Gasteiger partial charge in [-0.25, -0.2) is 55.4 Å². The van der Waals surface area contributed by atoms with Gasteiger partial charge in [0.1, 0.15) is 34.7 Å². The average molecular weight is 1740 g/mol. The van der Waals surface area contributed by atoms with E-state index in [-0.39, 0.29) is 50.8 Å². The Balaban J connectivity index is 0.000000181. The third-order valence-corrected chi connectivity index (χ3v) is 23.1. The number of benzene rings is 7. The highest BCUT2D eigenvalue weighted by Crippen LogP contribution is 2.35. The number of ether oxygens (including phenoxy) is 3. The lowest BCUT2D eigenvalue weighted by molar-refractivity contribution is 0.261. The van der Waals surface area contributed by atoms with Crippen LogP contribution >= 0.6 is 0 Å². The van der Waals surface area contributed by atoms with Gasteiger partial charge >= 0.3 is 18.1 Å². The summed E-state index contributed by atoms with van der Waals surface area (Å²) in [6.45, 7) is 25.4. The van der Waals surface area contributed by atoms with E-state index in [4.69, 9.17) is 56.4 Å². The van der Waals surface area contributed by atoms with Crippen molar-refractivity contribution in [2.24, 2.45) is 0 Å². The molecular weight excluding hydrogens is 1630 g/mol. The van der Waals surface area contributed by atoms with Gasteiger partial charge in [0, 0.05) is 113 Å². The molecule has 0 bridgehead atoms. The van der Waals surface area contributed by atoms with Crippen molar-refractivity contribution in [2.45, 2.75) is 133 Å². The highest BCUT2D eigenvalue weighted by atomic mass is 32.2. The quantitative estimate of drug-likeness (QED) is 0.0202. The summed E-state index contributed by atoms with van der Waals surface area (Å²) in [5, 5.41) is 33.2. The second-order valence-electron chi connectivity index (χ2n) is 31.3. The van der Waals surface area contributed by atoms with Crippen LogP contribution in [0.3, 0.4) is 0 Å². The SMILES string of the molecule is CCOS(=N)(=O)c1ccc(-n2nc(C(C)(C)C)cc2NC(=O)Nc2ccc(OCCc3cccnc3)c3ccccc23)cc1.CCOS(=N)(=O)c1ccc(-n2nc(C(C)(C)C)cc2NC(=O)Nc2ccc(OCCc3cccnc3)cc2)cc1.CCOS(=N)(=O)c1ccc(-n2nc(C(C)(C)C)cc2NC(=O)Nc2ccc(OCCc3ccncc3)cc2)cc1. The summed E-state index contributed by atoms with van der Waals surface area (Å²) >= 11 is 0. The maximum absolute atomic E-state index is 13.4. The molecule has 7 aromatic carbocycles. The van der Waals surface area contributed by atoms with Crippen LogP contribution in [0.15, 0.2) is 264 Å². The molecule has 30 nitrogen and oxygen atoms in total. The van der Waals surface area contributed by atoms with E-state index in [2.05, 4.69) is 46.9 Å². The van der Waals surface area contributed by atoms with Crippen LogP contribution in [0.1, 0.15) is 117 Å². The molecule has 0 fully saturated rings. The number of amides is 6. The average Bonchev–Trinajstić information content (AvgIpc) is 1.58. The lowest BCUT2D eigenvalue weighted by Gasteiger charge is -2.15. The molecule has 0 aliphatic carbocycles. The Morgan fingerprint density at radius 3 is 1.06 bits per heavy atom. The second-order valence-corrected chi connectivity index (χ2v) is 36.4. The zero-order chi connectivity index (χ0) is 88.8. The van der Waals surface area contributed by atoms with Gasteiger partial charge in [-0.3, -0.25) is 43.5 Å². The van der Waals surface area contributed by atoms with E-state index >= 15 is 0 Å². The summed E-state index contributed by atoms with van der Waals surface area (Å²) in [4.78, 5) is 52.2. The van der Waals surface area contributed by atoms with Crippen LogP contribution in [0.4, 0.5) is 48.9 Å². The third-order valence-electron chi connectivity index (χ3n) is 18.7. The molecule has 648 valence electrons. The summed E-state index contributed by atoms with van der Waals surface area (Å²) in [6, 6.07) is 61.3. The van der Waals surface area contributed by atoms with Crippen molar-refractivity contribution in [2.75, 3.05) is 71.5 Å². The van der Waals surface area contributed by atoms with E-state index in [1.807, 2.05) is 166 Å². The number of aromatic nitrogens is 9. The summed E-state index contributed by atoms with van der Waals surface area (Å²) < 4.78 is 99.2. The van der Waals surface area contributed by atoms with Crippen molar-refractivity contribution >= 4 is 93.4 Å². The molecule has 33 heteroatoms. The molecule has 13 rings (SSSR count). The number of anilines is 6. The Labute approximate surface area is 723 Å². The first-order chi connectivity index (χ1) is 59.1. The van der Waals surface area contributed by atoms with Crippen LogP contribution in [-0.2, 0) is 78.1 Å². The van der Waals surface area contributed by atoms with Crippen LogP contribution in [0.5, 0.6) is 17.2 Å². The molecule has 6 aromatic heterocycles. The van der Waals surface area contributed by atoms with Gasteiger partial charge in [-0.05, 0) is 195 Å². The number of fused-ring (bicyclic) bond motifs is 1. The van der Waals surface area contributed by atoms with E-state index in [0.29, 0.717) is 82.9 Å². The van der Waals surface area contributed by atoms with E-state index in [1.165, 1.54) is 0 Å². The molecule has 0 saturated carbocycles. The molecule has 13 aromatic rings. The fraction of sp³-hybridized carbons (Fsp3) is 0.264. The van der Waals surface area contributed by atoms with E-state index < -0.39 is 48.1 Å². The Kier molecular flexibility index (Phi) is 30.4. The van der Waals surface area contributed by atoms with Crippen molar-refractivity contribution in [1.82, 2.24) is 44.3 Å². The molecular formula is C91H104N18O12S3.